The first kappa shape index (κ1) is 11.1. The monoisotopic (exact) mass is 209 g/mol. The molecule has 0 aromatic carbocycles. The Morgan fingerprint density at radius 2 is 2.20 bits per heavy atom. The Labute approximate surface area is 92.8 Å². The number of rotatable bonds is 3. The van der Waals surface area contributed by atoms with Crippen LogP contribution in [0.5, 0.6) is 0 Å². The van der Waals surface area contributed by atoms with Gasteiger partial charge in [-0.1, -0.05) is 26.2 Å². The van der Waals surface area contributed by atoms with Crippen molar-refractivity contribution in [3.63, 3.8) is 0 Å². The van der Waals surface area contributed by atoms with E-state index in [1.54, 1.807) is 0 Å². The van der Waals surface area contributed by atoms with Crippen molar-refractivity contribution >= 4 is 5.78 Å². The van der Waals surface area contributed by atoms with Crippen molar-refractivity contribution < 1.29 is 4.79 Å². The lowest BCUT2D eigenvalue weighted by molar-refractivity contribution is -0.123. The molecule has 1 heterocycles. The maximum atomic E-state index is 12.0. The van der Waals surface area contributed by atoms with Crippen molar-refractivity contribution in [3.05, 3.63) is 0 Å². The Balaban J connectivity index is 1.77. The molecule has 1 saturated carbocycles. The molecule has 0 bridgehead atoms. The molecule has 0 aromatic rings. The van der Waals surface area contributed by atoms with Crippen LogP contribution in [0.25, 0.3) is 0 Å². The van der Waals surface area contributed by atoms with Crippen LogP contribution in [0.4, 0.5) is 0 Å². The van der Waals surface area contributed by atoms with E-state index in [4.69, 9.17) is 0 Å². The zero-order valence-electron chi connectivity index (χ0n) is 9.80. The van der Waals surface area contributed by atoms with Gasteiger partial charge in [0, 0.05) is 18.9 Å². The summed E-state index contributed by atoms with van der Waals surface area (Å²) >= 11 is 0. The Bertz CT molecular complexity index is 221. The van der Waals surface area contributed by atoms with E-state index >= 15 is 0 Å². The van der Waals surface area contributed by atoms with Gasteiger partial charge in [0.1, 0.15) is 5.78 Å². The zero-order valence-corrected chi connectivity index (χ0v) is 9.80. The highest BCUT2D eigenvalue weighted by Gasteiger charge is 2.27. The molecule has 2 rings (SSSR count). The first-order valence-electron chi connectivity index (χ1n) is 6.49. The molecule has 86 valence electrons. The predicted octanol–water partition coefficient (Wildman–Crippen LogP) is 2.38. The molecule has 0 spiro atoms. The summed E-state index contributed by atoms with van der Waals surface area (Å²) < 4.78 is 0. The fourth-order valence-electron chi connectivity index (χ4n) is 3.13. The minimum absolute atomic E-state index is 0.335. The van der Waals surface area contributed by atoms with Crippen LogP contribution >= 0.6 is 0 Å². The molecule has 15 heavy (non-hydrogen) atoms. The molecule has 2 fully saturated rings. The Morgan fingerprint density at radius 3 is 2.87 bits per heavy atom. The van der Waals surface area contributed by atoms with Crippen molar-refractivity contribution in [1.29, 1.82) is 0 Å². The fourth-order valence-corrected chi connectivity index (χ4v) is 3.13. The number of carbonyl (C=O) groups excluding carboxylic acids is 1. The van der Waals surface area contributed by atoms with Crippen LogP contribution in [-0.4, -0.2) is 18.9 Å². The molecule has 2 nitrogen and oxygen atoms in total. The highest BCUT2D eigenvalue weighted by Crippen LogP contribution is 2.31. The SMILES string of the molecule is CC1CCCC(CC(=O)[C@@H]2CCNC2)C1. The number of hydrogen-bond acceptors (Lipinski definition) is 2. The molecule has 3 atom stereocenters. The predicted molar refractivity (Wildman–Crippen MR) is 61.7 cm³/mol. The number of ketones is 1. The third kappa shape index (κ3) is 3.04. The van der Waals surface area contributed by atoms with E-state index in [1.807, 2.05) is 0 Å². The van der Waals surface area contributed by atoms with Crippen molar-refractivity contribution in [1.82, 2.24) is 5.32 Å². The summed E-state index contributed by atoms with van der Waals surface area (Å²) in [4.78, 5) is 12.0. The van der Waals surface area contributed by atoms with Gasteiger partial charge in [0.15, 0.2) is 0 Å². The summed E-state index contributed by atoms with van der Waals surface area (Å²) in [5.41, 5.74) is 0. The minimum Gasteiger partial charge on any atom is -0.316 e. The number of hydrogen-bond donors (Lipinski definition) is 1. The quantitative estimate of drug-likeness (QED) is 0.773. The van der Waals surface area contributed by atoms with Gasteiger partial charge in [-0.15, -0.1) is 0 Å². The molecule has 2 heteroatoms. The van der Waals surface area contributed by atoms with Crippen molar-refractivity contribution in [2.45, 2.75) is 45.4 Å². The zero-order chi connectivity index (χ0) is 10.7. The second kappa shape index (κ2) is 5.11. The third-order valence-electron chi connectivity index (χ3n) is 4.05. The first-order chi connectivity index (χ1) is 7.25. The van der Waals surface area contributed by atoms with Gasteiger partial charge in [0.2, 0.25) is 0 Å². The van der Waals surface area contributed by atoms with Crippen LogP contribution in [0, 0.1) is 17.8 Å². The van der Waals surface area contributed by atoms with Gasteiger partial charge in [-0.3, -0.25) is 4.79 Å². The number of nitrogens with one attached hydrogen (secondary N) is 1. The van der Waals surface area contributed by atoms with Gasteiger partial charge in [-0.25, -0.2) is 0 Å². The van der Waals surface area contributed by atoms with E-state index < -0.39 is 0 Å². The first-order valence-corrected chi connectivity index (χ1v) is 6.49. The smallest absolute Gasteiger partial charge is 0.137 e. The lowest BCUT2D eigenvalue weighted by Gasteiger charge is -2.26. The highest BCUT2D eigenvalue weighted by molar-refractivity contribution is 5.81. The molecule has 0 radical (unpaired) electrons. The van der Waals surface area contributed by atoms with E-state index in [0.717, 1.165) is 31.8 Å². The van der Waals surface area contributed by atoms with Crippen molar-refractivity contribution in [2.75, 3.05) is 13.1 Å². The summed E-state index contributed by atoms with van der Waals surface area (Å²) in [5, 5.41) is 3.28. The summed E-state index contributed by atoms with van der Waals surface area (Å²) in [6, 6.07) is 0. The van der Waals surface area contributed by atoms with Crippen molar-refractivity contribution in [2.24, 2.45) is 17.8 Å². The van der Waals surface area contributed by atoms with Gasteiger partial charge >= 0.3 is 0 Å². The van der Waals surface area contributed by atoms with Gasteiger partial charge in [0.05, 0.1) is 0 Å². The average molecular weight is 209 g/mol. The van der Waals surface area contributed by atoms with E-state index in [2.05, 4.69) is 12.2 Å². The average Bonchev–Trinajstić information content (AvgIpc) is 2.70. The Kier molecular flexibility index (Phi) is 3.79. The normalized spacial score (nSPS) is 36.7. The van der Waals surface area contributed by atoms with E-state index in [0.29, 0.717) is 17.6 Å². The van der Waals surface area contributed by atoms with Gasteiger partial charge in [-0.05, 0) is 31.2 Å². The van der Waals surface area contributed by atoms with Gasteiger partial charge < -0.3 is 5.32 Å². The fraction of sp³-hybridized carbons (Fsp3) is 0.923. The molecule has 1 aliphatic heterocycles. The minimum atomic E-state index is 0.335. The largest absolute Gasteiger partial charge is 0.316 e. The number of Topliss-reactive ketones (excluding diaryl/α,β-unsaturated/α-hetero) is 1. The number of carbonyl (C=O) groups is 1. The molecule has 0 amide bonds. The van der Waals surface area contributed by atoms with E-state index in [-0.39, 0.29) is 0 Å². The molecule has 1 aliphatic carbocycles. The van der Waals surface area contributed by atoms with Crippen LogP contribution in [0.1, 0.15) is 45.4 Å². The lowest BCUT2D eigenvalue weighted by atomic mass is 9.79. The Morgan fingerprint density at radius 1 is 1.33 bits per heavy atom. The second-order valence-electron chi connectivity index (χ2n) is 5.50. The highest BCUT2D eigenvalue weighted by atomic mass is 16.1. The summed E-state index contributed by atoms with van der Waals surface area (Å²) in [6.07, 6.45) is 7.21. The maximum absolute atomic E-state index is 12.0. The molecule has 2 aliphatic rings. The standard InChI is InChI=1S/C13H23NO/c1-10-3-2-4-11(7-10)8-13(15)12-5-6-14-9-12/h10-12,14H,2-9H2,1H3/t10?,11?,12-/m1/s1. The summed E-state index contributed by atoms with van der Waals surface area (Å²) in [7, 11) is 0. The molecule has 0 aromatic heterocycles. The van der Waals surface area contributed by atoms with Gasteiger partial charge in [0.25, 0.3) is 0 Å². The van der Waals surface area contributed by atoms with Crippen LogP contribution in [0.2, 0.25) is 0 Å². The van der Waals surface area contributed by atoms with Gasteiger partial charge in [-0.2, -0.15) is 0 Å². The summed E-state index contributed by atoms with van der Waals surface area (Å²) in [5.74, 6) is 2.40. The third-order valence-corrected chi connectivity index (χ3v) is 4.05. The Hall–Kier alpha value is -0.370. The topological polar surface area (TPSA) is 29.1 Å². The molecule has 1 N–H and O–H groups in total. The van der Waals surface area contributed by atoms with Crippen molar-refractivity contribution in [3.8, 4) is 0 Å². The second-order valence-corrected chi connectivity index (χ2v) is 5.50. The van der Waals surface area contributed by atoms with Crippen LogP contribution < -0.4 is 5.32 Å². The van der Waals surface area contributed by atoms with E-state index in [9.17, 15) is 4.79 Å². The van der Waals surface area contributed by atoms with Crippen LogP contribution in [0.3, 0.4) is 0 Å². The van der Waals surface area contributed by atoms with Crippen LogP contribution in [-0.2, 0) is 4.79 Å². The lowest BCUT2D eigenvalue weighted by Crippen LogP contribution is -2.23. The molecular weight excluding hydrogens is 186 g/mol. The maximum Gasteiger partial charge on any atom is 0.137 e. The molecule has 1 saturated heterocycles. The molecular formula is C13H23NO. The van der Waals surface area contributed by atoms with Crippen LogP contribution in [0.15, 0.2) is 0 Å². The molecule has 2 unspecified atom stereocenters. The van der Waals surface area contributed by atoms with E-state index in [1.165, 1.54) is 25.7 Å². The summed E-state index contributed by atoms with van der Waals surface area (Å²) in [6.45, 7) is 4.30.